The van der Waals surface area contributed by atoms with E-state index in [4.69, 9.17) is 5.11 Å². The molecule has 7 heteroatoms. The summed E-state index contributed by atoms with van der Waals surface area (Å²) in [4.78, 5) is 22.9. The molecule has 0 saturated carbocycles. The van der Waals surface area contributed by atoms with Crippen LogP contribution in [0.2, 0.25) is 0 Å². The number of amides is 2. The number of carbonyl (C=O) groups excluding carboxylic acids is 1. The fraction of sp³-hybridized carbons (Fsp3) is 0.429. The maximum Gasteiger partial charge on any atom is 0.326 e. The lowest BCUT2D eigenvalue weighted by molar-refractivity contribution is -0.139. The van der Waals surface area contributed by atoms with Crippen molar-refractivity contribution in [1.29, 1.82) is 0 Å². The molecule has 0 aromatic heterocycles. The molecule has 0 fully saturated rings. The van der Waals surface area contributed by atoms with E-state index in [1.165, 1.54) is 18.2 Å². The number of aliphatic carboxylic acids is 1. The van der Waals surface area contributed by atoms with Gasteiger partial charge in [0.15, 0.2) is 11.5 Å². The van der Waals surface area contributed by atoms with E-state index in [-0.39, 0.29) is 24.0 Å². The topological polar surface area (TPSA) is 119 Å². The van der Waals surface area contributed by atoms with E-state index in [0.29, 0.717) is 5.56 Å². The number of phenols is 2. The van der Waals surface area contributed by atoms with Gasteiger partial charge in [-0.1, -0.05) is 13.0 Å². The summed E-state index contributed by atoms with van der Waals surface area (Å²) in [6.07, 6.45) is 0.730. The van der Waals surface area contributed by atoms with Gasteiger partial charge in [-0.25, -0.2) is 9.59 Å². The number of urea groups is 1. The highest BCUT2D eigenvalue weighted by Gasteiger charge is 2.21. The maximum atomic E-state index is 11.7. The second kappa shape index (κ2) is 7.37. The fourth-order valence-electron chi connectivity index (χ4n) is 1.66. The average Bonchev–Trinajstić information content (AvgIpc) is 2.41. The summed E-state index contributed by atoms with van der Waals surface area (Å²) in [6.45, 7) is 3.71. The van der Waals surface area contributed by atoms with Crippen LogP contribution in [0, 0.1) is 0 Å². The Kier molecular flexibility index (Phi) is 5.83. The molecule has 2 amide bonds. The number of hydrogen-bond acceptors (Lipinski definition) is 4. The zero-order valence-electron chi connectivity index (χ0n) is 12.0. The third-order valence-electron chi connectivity index (χ3n) is 3.07. The predicted octanol–water partition coefficient (Wildman–Crippen LogP) is 1.19. The minimum atomic E-state index is -1.18. The molecular formula is C14H20N2O5. The molecule has 1 rings (SSSR count). The van der Waals surface area contributed by atoms with Crippen LogP contribution in [0.4, 0.5) is 4.79 Å². The molecule has 2 unspecified atom stereocenters. The van der Waals surface area contributed by atoms with E-state index in [9.17, 15) is 19.8 Å². The first-order chi connectivity index (χ1) is 9.83. The summed E-state index contributed by atoms with van der Waals surface area (Å²) in [5, 5.41) is 32.7. The fourth-order valence-corrected chi connectivity index (χ4v) is 1.66. The van der Waals surface area contributed by atoms with Crippen molar-refractivity contribution in [2.24, 2.45) is 0 Å². The molecule has 0 aliphatic heterocycles. The average molecular weight is 296 g/mol. The van der Waals surface area contributed by atoms with Crippen LogP contribution in [-0.2, 0) is 11.2 Å². The third-order valence-corrected chi connectivity index (χ3v) is 3.07. The summed E-state index contributed by atoms with van der Waals surface area (Å²) < 4.78 is 0. The summed E-state index contributed by atoms with van der Waals surface area (Å²) in [6, 6.07) is 2.27. The SMILES string of the molecule is CCC(C)NC(=O)NC(Cc1ccc(O)c(O)c1)C(=O)O. The second-order valence-electron chi connectivity index (χ2n) is 4.85. The largest absolute Gasteiger partial charge is 0.504 e. The molecule has 0 spiro atoms. The molecule has 0 heterocycles. The molecule has 116 valence electrons. The number of hydrogen-bond donors (Lipinski definition) is 5. The standard InChI is InChI=1S/C14H20N2O5/c1-3-8(2)15-14(21)16-10(13(19)20)6-9-4-5-11(17)12(18)7-9/h4-5,7-8,10,17-18H,3,6H2,1-2H3,(H,19,20)(H2,15,16,21). The smallest absolute Gasteiger partial charge is 0.326 e. The van der Waals surface area contributed by atoms with Gasteiger partial charge in [-0.05, 0) is 31.0 Å². The number of rotatable bonds is 6. The first-order valence-electron chi connectivity index (χ1n) is 6.64. The summed E-state index contributed by atoms with van der Waals surface area (Å²) in [5.74, 6) is -1.80. The van der Waals surface area contributed by atoms with Gasteiger partial charge in [0.2, 0.25) is 0 Å². The normalized spacial score (nSPS) is 13.2. The van der Waals surface area contributed by atoms with Crippen LogP contribution in [0.25, 0.3) is 0 Å². The van der Waals surface area contributed by atoms with E-state index in [1.54, 1.807) is 0 Å². The summed E-state index contributed by atoms with van der Waals surface area (Å²) in [7, 11) is 0. The summed E-state index contributed by atoms with van der Waals surface area (Å²) >= 11 is 0. The van der Waals surface area contributed by atoms with E-state index in [0.717, 1.165) is 6.42 Å². The third kappa shape index (κ3) is 5.21. The van der Waals surface area contributed by atoms with Crippen molar-refractivity contribution in [2.45, 2.75) is 38.8 Å². The van der Waals surface area contributed by atoms with Gasteiger partial charge >= 0.3 is 12.0 Å². The first kappa shape index (κ1) is 16.6. The highest BCUT2D eigenvalue weighted by molar-refractivity contribution is 5.82. The lowest BCUT2D eigenvalue weighted by atomic mass is 10.1. The number of phenolic OH excluding ortho intramolecular Hbond substituents is 2. The van der Waals surface area contributed by atoms with Crippen molar-refractivity contribution >= 4 is 12.0 Å². The number of carboxylic acids is 1. The molecule has 0 radical (unpaired) electrons. The molecule has 1 aromatic carbocycles. The van der Waals surface area contributed by atoms with Gasteiger partial charge < -0.3 is 26.0 Å². The van der Waals surface area contributed by atoms with E-state index in [2.05, 4.69) is 10.6 Å². The molecule has 7 nitrogen and oxygen atoms in total. The van der Waals surface area contributed by atoms with Crippen molar-refractivity contribution < 1.29 is 24.9 Å². The molecule has 21 heavy (non-hydrogen) atoms. The molecule has 5 N–H and O–H groups in total. The lowest BCUT2D eigenvalue weighted by Gasteiger charge is -2.17. The minimum Gasteiger partial charge on any atom is -0.504 e. The molecule has 0 aliphatic carbocycles. The minimum absolute atomic E-state index is 0.00288. The van der Waals surface area contributed by atoms with E-state index in [1.807, 2.05) is 13.8 Å². The second-order valence-corrected chi connectivity index (χ2v) is 4.85. The Morgan fingerprint density at radius 1 is 1.19 bits per heavy atom. The van der Waals surface area contributed by atoms with Crippen LogP contribution in [0.5, 0.6) is 11.5 Å². The Hall–Kier alpha value is -2.44. The van der Waals surface area contributed by atoms with Gasteiger partial charge in [0, 0.05) is 12.5 Å². The molecule has 0 aliphatic rings. The predicted molar refractivity (Wildman–Crippen MR) is 76.3 cm³/mol. The molecule has 0 bridgehead atoms. The van der Waals surface area contributed by atoms with Crippen LogP contribution < -0.4 is 10.6 Å². The first-order valence-corrected chi connectivity index (χ1v) is 6.64. The van der Waals surface area contributed by atoms with Crippen molar-refractivity contribution in [2.75, 3.05) is 0 Å². The Bertz CT molecular complexity index is 518. The number of carboxylic acid groups (broad SMARTS) is 1. The van der Waals surface area contributed by atoms with Gasteiger partial charge in [-0.2, -0.15) is 0 Å². The molecule has 1 aromatic rings. The molecule has 2 atom stereocenters. The van der Waals surface area contributed by atoms with Gasteiger partial charge in [0.05, 0.1) is 0 Å². The highest BCUT2D eigenvalue weighted by atomic mass is 16.4. The van der Waals surface area contributed by atoms with Crippen molar-refractivity contribution in [3.05, 3.63) is 23.8 Å². The van der Waals surface area contributed by atoms with Crippen molar-refractivity contribution in [3.8, 4) is 11.5 Å². The number of aromatic hydroxyl groups is 2. The van der Waals surface area contributed by atoms with Crippen molar-refractivity contribution in [3.63, 3.8) is 0 Å². The highest BCUT2D eigenvalue weighted by Crippen LogP contribution is 2.25. The van der Waals surface area contributed by atoms with E-state index >= 15 is 0 Å². The van der Waals surface area contributed by atoms with Crippen LogP contribution in [0.15, 0.2) is 18.2 Å². The summed E-state index contributed by atoms with van der Waals surface area (Å²) in [5.41, 5.74) is 0.488. The van der Waals surface area contributed by atoms with Crippen LogP contribution >= 0.6 is 0 Å². The van der Waals surface area contributed by atoms with Crippen LogP contribution in [0.3, 0.4) is 0 Å². The van der Waals surface area contributed by atoms with Crippen LogP contribution in [-0.4, -0.2) is 39.4 Å². The van der Waals surface area contributed by atoms with Gasteiger partial charge in [0.25, 0.3) is 0 Å². The van der Waals surface area contributed by atoms with Gasteiger partial charge in [-0.15, -0.1) is 0 Å². The number of benzene rings is 1. The maximum absolute atomic E-state index is 11.7. The van der Waals surface area contributed by atoms with Crippen molar-refractivity contribution in [1.82, 2.24) is 10.6 Å². The quantitative estimate of drug-likeness (QED) is 0.505. The zero-order valence-corrected chi connectivity index (χ0v) is 12.0. The Labute approximate surface area is 122 Å². The monoisotopic (exact) mass is 296 g/mol. The van der Waals surface area contributed by atoms with Gasteiger partial charge in [-0.3, -0.25) is 0 Å². The van der Waals surface area contributed by atoms with Gasteiger partial charge in [0.1, 0.15) is 6.04 Å². The van der Waals surface area contributed by atoms with Crippen LogP contribution in [0.1, 0.15) is 25.8 Å². The van der Waals surface area contributed by atoms with E-state index < -0.39 is 18.0 Å². The lowest BCUT2D eigenvalue weighted by Crippen LogP contribution is -2.49. The Morgan fingerprint density at radius 3 is 2.38 bits per heavy atom. The zero-order chi connectivity index (χ0) is 16.0. The Balaban J connectivity index is 2.71. The molecule has 0 saturated heterocycles. The molecular weight excluding hydrogens is 276 g/mol. The number of carbonyl (C=O) groups is 2. The Morgan fingerprint density at radius 2 is 1.86 bits per heavy atom. The number of nitrogens with one attached hydrogen (secondary N) is 2.